The van der Waals surface area contributed by atoms with Crippen LogP contribution in [-0.4, -0.2) is 30.8 Å². The average Bonchev–Trinajstić information content (AvgIpc) is 2.49. The Balaban J connectivity index is 3.24. The molecule has 28 heavy (non-hydrogen) atoms. The Labute approximate surface area is 157 Å². The minimum Gasteiger partial charge on any atom is -0.467 e. The van der Waals surface area contributed by atoms with E-state index in [-0.39, 0.29) is 6.07 Å². The first-order valence-electron chi connectivity index (χ1n) is 7.88. The van der Waals surface area contributed by atoms with Gasteiger partial charge in [-0.2, -0.15) is 26.3 Å². The van der Waals surface area contributed by atoms with Gasteiger partial charge in [-0.15, -0.1) is 0 Å². The van der Waals surface area contributed by atoms with Crippen LogP contribution < -0.4 is 5.32 Å². The van der Waals surface area contributed by atoms with E-state index in [0.717, 1.165) is 7.11 Å². The zero-order valence-corrected chi connectivity index (χ0v) is 15.4. The number of esters is 1. The lowest BCUT2D eigenvalue weighted by Gasteiger charge is -2.23. The number of halogens is 6. The van der Waals surface area contributed by atoms with Crippen LogP contribution in [0.1, 0.15) is 37.5 Å². The molecule has 0 bridgehead atoms. The highest BCUT2D eigenvalue weighted by Crippen LogP contribution is 2.36. The summed E-state index contributed by atoms with van der Waals surface area (Å²) in [7, 11) is 0.958. The lowest BCUT2D eigenvalue weighted by atomic mass is 9.99. The number of nitrogens with one attached hydrogen (secondary N) is 1. The molecule has 1 atom stereocenters. The Bertz CT molecular complexity index is 690. The van der Waals surface area contributed by atoms with Crippen LogP contribution in [0.25, 0.3) is 0 Å². The van der Waals surface area contributed by atoms with Gasteiger partial charge in [0.15, 0.2) is 0 Å². The molecule has 0 fully saturated rings. The number of rotatable bonds is 4. The third-order valence-electron chi connectivity index (χ3n) is 3.26. The quantitative estimate of drug-likeness (QED) is 0.587. The zero-order chi connectivity index (χ0) is 21.9. The highest BCUT2D eigenvalue weighted by atomic mass is 19.4. The number of amides is 1. The number of benzene rings is 1. The molecule has 0 saturated heterocycles. The van der Waals surface area contributed by atoms with Crippen molar-refractivity contribution in [1.82, 2.24) is 5.32 Å². The van der Waals surface area contributed by atoms with E-state index in [1.54, 1.807) is 0 Å². The van der Waals surface area contributed by atoms with Crippen molar-refractivity contribution >= 4 is 12.1 Å². The SMILES string of the molecule is COC(=O)[C@H](Cc1cc(C(F)(F)F)cc(C(F)(F)F)c1)NC(=O)OC(C)(C)C. The Kier molecular flexibility index (Phi) is 6.97. The molecule has 0 heterocycles. The van der Waals surface area contributed by atoms with E-state index in [9.17, 15) is 35.9 Å². The van der Waals surface area contributed by atoms with Gasteiger partial charge in [0.05, 0.1) is 18.2 Å². The third kappa shape index (κ3) is 7.28. The second kappa shape index (κ2) is 8.27. The first-order chi connectivity index (χ1) is 12.5. The summed E-state index contributed by atoms with van der Waals surface area (Å²) >= 11 is 0. The third-order valence-corrected chi connectivity index (χ3v) is 3.26. The Morgan fingerprint density at radius 3 is 1.79 bits per heavy atom. The maximum absolute atomic E-state index is 12.9. The molecule has 0 unspecified atom stereocenters. The summed E-state index contributed by atoms with van der Waals surface area (Å²) in [6, 6.07) is -0.633. The summed E-state index contributed by atoms with van der Waals surface area (Å²) in [5.41, 5.74) is -4.46. The Morgan fingerprint density at radius 2 is 1.43 bits per heavy atom. The normalized spacial score (nSPS) is 13.6. The Morgan fingerprint density at radius 1 is 0.964 bits per heavy atom. The van der Waals surface area contributed by atoms with Gasteiger partial charge in [-0.1, -0.05) is 0 Å². The van der Waals surface area contributed by atoms with Gasteiger partial charge in [-0.25, -0.2) is 9.59 Å². The fourth-order valence-corrected chi connectivity index (χ4v) is 2.16. The largest absolute Gasteiger partial charge is 0.467 e. The number of carbonyl (C=O) groups is 2. The molecule has 1 amide bonds. The van der Waals surface area contributed by atoms with E-state index in [4.69, 9.17) is 4.74 Å². The van der Waals surface area contributed by atoms with Crippen molar-refractivity contribution in [2.45, 2.75) is 51.2 Å². The predicted octanol–water partition coefficient (Wildman–Crippen LogP) is 4.33. The van der Waals surface area contributed by atoms with Crippen LogP contribution in [0.2, 0.25) is 0 Å². The molecule has 0 aromatic heterocycles. The van der Waals surface area contributed by atoms with E-state index in [2.05, 4.69) is 10.1 Å². The average molecular weight is 415 g/mol. The van der Waals surface area contributed by atoms with Crippen molar-refractivity contribution in [1.29, 1.82) is 0 Å². The molecule has 0 aliphatic carbocycles. The molecule has 1 rings (SSSR count). The molecular formula is C17H19F6NO4. The molecule has 11 heteroatoms. The van der Waals surface area contributed by atoms with Gasteiger partial charge in [0.25, 0.3) is 0 Å². The molecule has 1 aromatic carbocycles. The van der Waals surface area contributed by atoms with Crippen LogP contribution in [-0.2, 0) is 33.0 Å². The van der Waals surface area contributed by atoms with Crippen LogP contribution in [0.5, 0.6) is 0 Å². The summed E-state index contributed by atoms with van der Waals surface area (Å²) in [5.74, 6) is -1.06. The van der Waals surface area contributed by atoms with Crippen molar-refractivity contribution in [3.8, 4) is 0 Å². The monoisotopic (exact) mass is 415 g/mol. The molecule has 0 aliphatic rings. The summed E-state index contributed by atoms with van der Waals surface area (Å²) in [6.45, 7) is 4.59. The van der Waals surface area contributed by atoms with Crippen LogP contribution >= 0.6 is 0 Å². The first kappa shape index (κ1) is 23.6. The summed E-state index contributed by atoms with van der Waals surface area (Å²) in [4.78, 5) is 23.7. The van der Waals surface area contributed by atoms with Gasteiger partial charge in [-0.3, -0.25) is 0 Å². The standard InChI is InChI=1S/C17H19F6NO4/c1-15(2,3)28-14(26)24-12(13(25)27-4)7-9-5-10(16(18,19)20)8-11(6-9)17(21,22)23/h5-6,8,12H,7H2,1-4H3,(H,24,26)/t12-/m0/s1. The van der Waals surface area contributed by atoms with Gasteiger partial charge in [0, 0.05) is 6.42 Å². The van der Waals surface area contributed by atoms with Crippen molar-refractivity contribution in [2.75, 3.05) is 7.11 Å². The predicted molar refractivity (Wildman–Crippen MR) is 85.3 cm³/mol. The van der Waals surface area contributed by atoms with Crippen molar-refractivity contribution < 1.29 is 45.4 Å². The number of hydrogen-bond acceptors (Lipinski definition) is 4. The van der Waals surface area contributed by atoms with Gasteiger partial charge in [-0.05, 0) is 44.5 Å². The smallest absolute Gasteiger partial charge is 0.416 e. The molecule has 0 saturated carbocycles. The highest BCUT2D eigenvalue weighted by molar-refractivity contribution is 5.81. The Hall–Kier alpha value is -2.46. The zero-order valence-electron chi connectivity index (χ0n) is 15.4. The molecule has 0 aliphatic heterocycles. The topological polar surface area (TPSA) is 64.6 Å². The lowest BCUT2D eigenvalue weighted by Crippen LogP contribution is -2.45. The number of alkyl carbamates (subject to hydrolysis) is 1. The first-order valence-corrected chi connectivity index (χ1v) is 7.88. The number of ether oxygens (including phenoxy) is 2. The van der Waals surface area contributed by atoms with Crippen LogP contribution in [0.4, 0.5) is 31.1 Å². The van der Waals surface area contributed by atoms with Gasteiger partial charge < -0.3 is 14.8 Å². The lowest BCUT2D eigenvalue weighted by molar-refractivity contribution is -0.143. The summed E-state index contributed by atoms with van der Waals surface area (Å²) in [6.07, 6.45) is -11.8. The number of hydrogen-bond donors (Lipinski definition) is 1. The van der Waals surface area contributed by atoms with E-state index in [0.29, 0.717) is 12.1 Å². The van der Waals surface area contributed by atoms with Crippen molar-refractivity contribution in [3.63, 3.8) is 0 Å². The minimum absolute atomic E-state index is 0.0298. The molecule has 0 spiro atoms. The number of alkyl halides is 6. The fourth-order valence-electron chi connectivity index (χ4n) is 2.16. The van der Waals surface area contributed by atoms with Gasteiger partial charge in [0.1, 0.15) is 11.6 Å². The van der Waals surface area contributed by atoms with E-state index in [1.165, 1.54) is 20.8 Å². The van der Waals surface area contributed by atoms with E-state index in [1.807, 2.05) is 0 Å². The molecule has 1 N–H and O–H groups in total. The second-order valence-corrected chi connectivity index (χ2v) is 6.84. The number of methoxy groups -OCH3 is 1. The molecule has 1 aromatic rings. The number of carbonyl (C=O) groups excluding carboxylic acids is 2. The van der Waals surface area contributed by atoms with Crippen LogP contribution in [0.15, 0.2) is 18.2 Å². The summed E-state index contributed by atoms with van der Waals surface area (Å²) in [5, 5.41) is 2.09. The van der Waals surface area contributed by atoms with Crippen molar-refractivity contribution in [2.24, 2.45) is 0 Å². The highest BCUT2D eigenvalue weighted by Gasteiger charge is 2.37. The van der Waals surface area contributed by atoms with Crippen LogP contribution in [0, 0.1) is 0 Å². The van der Waals surface area contributed by atoms with E-state index >= 15 is 0 Å². The molecular weight excluding hydrogens is 396 g/mol. The maximum Gasteiger partial charge on any atom is 0.416 e. The fraction of sp³-hybridized carbons (Fsp3) is 0.529. The van der Waals surface area contributed by atoms with Gasteiger partial charge in [0.2, 0.25) is 0 Å². The van der Waals surface area contributed by atoms with Gasteiger partial charge >= 0.3 is 24.4 Å². The molecule has 5 nitrogen and oxygen atoms in total. The van der Waals surface area contributed by atoms with Crippen molar-refractivity contribution in [3.05, 3.63) is 34.9 Å². The minimum atomic E-state index is -5.03. The maximum atomic E-state index is 12.9. The van der Waals surface area contributed by atoms with E-state index < -0.39 is 59.2 Å². The van der Waals surface area contributed by atoms with Crippen LogP contribution in [0.3, 0.4) is 0 Å². The molecule has 158 valence electrons. The second-order valence-electron chi connectivity index (χ2n) is 6.84. The molecule has 0 radical (unpaired) electrons. The summed E-state index contributed by atoms with van der Waals surface area (Å²) < 4.78 is 87.1.